The van der Waals surface area contributed by atoms with Gasteiger partial charge in [0, 0.05) is 6.42 Å². The molecule has 0 aliphatic heterocycles. The van der Waals surface area contributed by atoms with Crippen LogP contribution in [-0.2, 0) is 20.6 Å². The van der Waals surface area contributed by atoms with E-state index < -0.39 is 42.8 Å². The molecule has 0 fully saturated rings. The Labute approximate surface area is 143 Å². The lowest BCUT2D eigenvalue weighted by Crippen LogP contribution is -2.61. The summed E-state index contributed by atoms with van der Waals surface area (Å²) in [5.74, 6) is 2.54. The van der Waals surface area contributed by atoms with Crippen molar-refractivity contribution in [2.45, 2.75) is 31.8 Å². The monoisotopic (exact) mass is 377 g/mol. The van der Waals surface area contributed by atoms with E-state index in [0.717, 1.165) is 12.1 Å². The van der Waals surface area contributed by atoms with Crippen molar-refractivity contribution in [3.63, 3.8) is 0 Å². The lowest BCUT2D eigenvalue weighted by Gasteiger charge is -2.28. The molecule has 1 aromatic rings. The molecule has 0 heterocycles. The number of aliphatic carboxylic acids is 1. The average molecular weight is 377 g/mol. The van der Waals surface area contributed by atoms with E-state index in [2.05, 4.69) is 15.3 Å². The lowest BCUT2D eigenvalue weighted by atomic mass is 9.92. The maximum atomic E-state index is 12.2. The molecule has 0 spiro atoms. The minimum absolute atomic E-state index is 0.0502. The van der Waals surface area contributed by atoms with E-state index in [1.165, 1.54) is 19.9 Å². The molecule has 0 aliphatic rings. The van der Waals surface area contributed by atoms with E-state index in [9.17, 15) is 19.3 Å². The Kier molecular flexibility index (Phi) is 6.52. The second-order valence-electron chi connectivity index (χ2n) is 5.57. The number of carboxylic acid groups (broad SMARTS) is 1. The van der Waals surface area contributed by atoms with Gasteiger partial charge in [0.2, 0.25) is 5.91 Å². The summed E-state index contributed by atoms with van der Waals surface area (Å²) >= 11 is 0. The van der Waals surface area contributed by atoms with Crippen LogP contribution in [0.25, 0.3) is 0 Å². The van der Waals surface area contributed by atoms with Crippen LogP contribution in [-0.4, -0.2) is 43.5 Å². The van der Waals surface area contributed by atoms with Gasteiger partial charge in [0.1, 0.15) is 11.6 Å². The number of carbonyl (C=O) groups excluding carboxylic acids is 1. The van der Waals surface area contributed by atoms with Crippen LogP contribution in [0.3, 0.4) is 0 Å². The number of phenolic OH excluding ortho intramolecular Hbond substituents is 1. The van der Waals surface area contributed by atoms with Crippen LogP contribution < -0.4 is 21.1 Å². The van der Waals surface area contributed by atoms with Crippen molar-refractivity contribution in [2.24, 2.45) is 5.84 Å². The second-order valence-corrected chi connectivity index (χ2v) is 6.73. The molecule has 1 amide bonds. The molecule has 1 rings (SSSR count). The molecular weight excluding hydrogens is 357 g/mol. The van der Waals surface area contributed by atoms with Gasteiger partial charge in [-0.15, -0.1) is 0 Å². The quantitative estimate of drug-likeness (QED) is 0.172. The van der Waals surface area contributed by atoms with E-state index in [1.54, 1.807) is 0 Å². The van der Waals surface area contributed by atoms with Crippen molar-refractivity contribution in [3.05, 3.63) is 23.8 Å². The number of hydrogen-bond acceptors (Lipinski definition) is 7. The zero-order valence-corrected chi connectivity index (χ0v) is 14.4. The molecule has 11 nitrogen and oxygen atoms in total. The normalized spacial score (nSPS) is 15.1. The third-order valence-electron chi connectivity index (χ3n) is 3.34. The first kappa shape index (κ1) is 20.9. The van der Waals surface area contributed by atoms with Crippen molar-refractivity contribution < 1.29 is 38.7 Å². The Morgan fingerprint density at radius 3 is 2.44 bits per heavy atom. The van der Waals surface area contributed by atoms with E-state index in [4.69, 9.17) is 20.7 Å². The first-order valence-corrected chi connectivity index (χ1v) is 8.49. The van der Waals surface area contributed by atoms with Gasteiger partial charge in [-0.25, -0.2) is 9.99 Å². The first-order chi connectivity index (χ1) is 11.4. The number of phenols is 1. The number of carboxylic acids is 1. The molecule has 0 saturated heterocycles. The van der Waals surface area contributed by atoms with Gasteiger partial charge in [-0.3, -0.25) is 25.2 Å². The standard InChI is InChI=1S/C13H20N3O8P/c1-7(11(18)19)15-12(20)13(2,16-14)6-8-3-4-10(9(17)5-8)24-25(21,22)23/h3-5,7,16-17H,6,14H2,1-2H3,(H,15,20)(H,18,19)(H2,21,22,23)/t7-,13?/m0/s1. The predicted octanol–water partition coefficient (Wildman–Crippen LogP) is -0.783. The van der Waals surface area contributed by atoms with Gasteiger partial charge in [0.05, 0.1) is 0 Å². The van der Waals surface area contributed by atoms with Crippen LogP contribution in [0.4, 0.5) is 0 Å². The van der Waals surface area contributed by atoms with E-state index in [0.29, 0.717) is 5.56 Å². The van der Waals surface area contributed by atoms with Crippen molar-refractivity contribution in [3.8, 4) is 11.5 Å². The Bertz CT molecular complexity index is 707. The number of aromatic hydroxyl groups is 1. The van der Waals surface area contributed by atoms with Gasteiger partial charge in [-0.2, -0.15) is 0 Å². The summed E-state index contributed by atoms with van der Waals surface area (Å²) < 4.78 is 15.1. The number of carbonyl (C=O) groups is 2. The van der Waals surface area contributed by atoms with Crippen LogP contribution in [0.2, 0.25) is 0 Å². The van der Waals surface area contributed by atoms with Crippen LogP contribution in [0, 0.1) is 0 Å². The minimum Gasteiger partial charge on any atom is -0.504 e. The van der Waals surface area contributed by atoms with Gasteiger partial charge < -0.3 is 20.1 Å². The highest BCUT2D eigenvalue weighted by atomic mass is 31.2. The van der Waals surface area contributed by atoms with Crippen LogP contribution >= 0.6 is 7.82 Å². The molecule has 0 aromatic heterocycles. The molecule has 0 aliphatic carbocycles. The summed E-state index contributed by atoms with van der Waals surface area (Å²) in [5, 5.41) is 20.9. The lowest BCUT2D eigenvalue weighted by molar-refractivity contribution is -0.142. The number of rotatable bonds is 8. The number of hydrogen-bond donors (Lipinski definition) is 7. The number of nitrogens with one attached hydrogen (secondary N) is 2. The smallest absolute Gasteiger partial charge is 0.504 e. The number of amides is 1. The van der Waals surface area contributed by atoms with Crippen LogP contribution in [0.15, 0.2) is 18.2 Å². The van der Waals surface area contributed by atoms with Crippen LogP contribution in [0.5, 0.6) is 11.5 Å². The highest BCUT2D eigenvalue weighted by Gasteiger charge is 2.34. The van der Waals surface area contributed by atoms with Gasteiger partial charge in [0.15, 0.2) is 11.5 Å². The fourth-order valence-corrected chi connectivity index (χ4v) is 2.31. The van der Waals surface area contributed by atoms with Gasteiger partial charge >= 0.3 is 13.8 Å². The molecule has 0 radical (unpaired) electrons. The van der Waals surface area contributed by atoms with Gasteiger partial charge in [-0.1, -0.05) is 6.07 Å². The third-order valence-corrected chi connectivity index (χ3v) is 3.77. The maximum Gasteiger partial charge on any atom is 0.524 e. The summed E-state index contributed by atoms with van der Waals surface area (Å²) in [4.78, 5) is 40.6. The molecule has 25 heavy (non-hydrogen) atoms. The topological polar surface area (TPSA) is 191 Å². The highest BCUT2D eigenvalue weighted by Crippen LogP contribution is 2.41. The van der Waals surface area contributed by atoms with E-state index in [-0.39, 0.29) is 6.42 Å². The molecule has 0 bridgehead atoms. The predicted molar refractivity (Wildman–Crippen MR) is 85.5 cm³/mol. The van der Waals surface area contributed by atoms with Gasteiger partial charge in [-0.05, 0) is 31.5 Å². The van der Waals surface area contributed by atoms with Crippen molar-refractivity contribution in [1.82, 2.24) is 10.7 Å². The zero-order valence-electron chi connectivity index (χ0n) is 13.5. The van der Waals surface area contributed by atoms with Gasteiger partial charge in [0.25, 0.3) is 0 Å². The summed E-state index contributed by atoms with van der Waals surface area (Å²) in [6.45, 7) is 2.71. The SMILES string of the molecule is C[C@H](NC(=O)C(C)(Cc1ccc(OP(=O)(O)O)c(O)c1)NN)C(=O)O. The van der Waals surface area contributed by atoms with Crippen molar-refractivity contribution in [2.75, 3.05) is 0 Å². The first-order valence-electron chi connectivity index (χ1n) is 6.96. The molecule has 0 saturated carbocycles. The minimum atomic E-state index is -4.83. The number of phosphoric ester groups is 1. The Balaban J connectivity index is 2.97. The number of benzene rings is 1. The summed E-state index contributed by atoms with van der Waals surface area (Å²) in [6.07, 6.45) is -0.0502. The van der Waals surface area contributed by atoms with E-state index in [1.807, 2.05) is 0 Å². The maximum absolute atomic E-state index is 12.2. The molecule has 2 atom stereocenters. The Hall–Kier alpha value is -2.17. The largest absolute Gasteiger partial charge is 0.524 e. The van der Waals surface area contributed by atoms with Crippen molar-refractivity contribution in [1.29, 1.82) is 0 Å². The fraction of sp³-hybridized carbons (Fsp3) is 0.385. The fourth-order valence-electron chi connectivity index (χ4n) is 1.90. The van der Waals surface area contributed by atoms with E-state index >= 15 is 0 Å². The van der Waals surface area contributed by atoms with Crippen LogP contribution in [0.1, 0.15) is 19.4 Å². The molecular formula is C13H20N3O8P. The number of phosphoric acid groups is 1. The summed E-state index contributed by atoms with van der Waals surface area (Å²) in [6, 6.07) is 2.51. The molecule has 1 unspecified atom stereocenters. The average Bonchev–Trinajstić information content (AvgIpc) is 2.48. The number of nitrogens with two attached hydrogens (primary N) is 1. The summed E-state index contributed by atoms with van der Waals surface area (Å²) in [7, 11) is -4.83. The molecule has 8 N–H and O–H groups in total. The Morgan fingerprint density at radius 1 is 1.40 bits per heavy atom. The Morgan fingerprint density at radius 2 is 2.00 bits per heavy atom. The molecule has 140 valence electrons. The zero-order chi connectivity index (χ0) is 19.4. The number of hydrazine groups is 1. The van der Waals surface area contributed by atoms with Crippen molar-refractivity contribution >= 4 is 19.7 Å². The third kappa shape index (κ3) is 6.00. The molecule has 12 heteroatoms. The summed E-state index contributed by atoms with van der Waals surface area (Å²) in [5.41, 5.74) is 1.28. The molecule has 1 aromatic carbocycles. The highest BCUT2D eigenvalue weighted by molar-refractivity contribution is 7.46. The second kappa shape index (κ2) is 7.81.